The van der Waals surface area contributed by atoms with Gasteiger partial charge in [-0.05, 0) is 46.5 Å². The number of amides is 1. The number of hydrogen-bond donors (Lipinski definition) is 1. The molecule has 0 radical (unpaired) electrons. The molecule has 1 fully saturated rings. The largest absolute Gasteiger partial charge is 0.444 e. The molecule has 1 aliphatic rings. The van der Waals surface area contributed by atoms with Crippen LogP contribution in [0.4, 0.5) is 4.79 Å². The standard InChI is InChI=1S/C12H24N2O2/c1-5-12(13)8-6-7-9-14(12)10(15)16-11(2,3)4/h5-9,13H2,1-4H3. The number of nitrogens with two attached hydrogens (primary N) is 1. The second kappa shape index (κ2) is 4.62. The smallest absolute Gasteiger partial charge is 0.411 e. The van der Waals surface area contributed by atoms with E-state index in [9.17, 15) is 4.79 Å². The van der Waals surface area contributed by atoms with Crippen LogP contribution in [0, 0.1) is 0 Å². The van der Waals surface area contributed by atoms with Gasteiger partial charge >= 0.3 is 6.09 Å². The van der Waals surface area contributed by atoms with Gasteiger partial charge in [0.1, 0.15) is 5.60 Å². The van der Waals surface area contributed by atoms with Crippen LogP contribution in [0.25, 0.3) is 0 Å². The van der Waals surface area contributed by atoms with Gasteiger partial charge in [-0.2, -0.15) is 0 Å². The van der Waals surface area contributed by atoms with Crippen LogP contribution in [0.3, 0.4) is 0 Å². The summed E-state index contributed by atoms with van der Waals surface area (Å²) in [6, 6.07) is 0. The average molecular weight is 228 g/mol. The topological polar surface area (TPSA) is 55.6 Å². The summed E-state index contributed by atoms with van der Waals surface area (Å²) in [5, 5.41) is 0. The Labute approximate surface area is 98.1 Å². The van der Waals surface area contributed by atoms with E-state index in [1.165, 1.54) is 0 Å². The Balaban J connectivity index is 2.72. The fraction of sp³-hybridized carbons (Fsp3) is 0.917. The molecule has 94 valence electrons. The second-order valence-corrected chi connectivity index (χ2v) is 5.55. The maximum atomic E-state index is 12.0. The van der Waals surface area contributed by atoms with E-state index < -0.39 is 11.3 Å². The van der Waals surface area contributed by atoms with Gasteiger partial charge in [-0.15, -0.1) is 0 Å². The van der Waals surface area contributed by atoms with Gasteiger partial charge in [-0.3, -0.25) is 4.90 Å². The van der Waals surface area contributed by atoms with Crippen LogP contribution in [0.2, 0.25) is 0 Å². The lowest BCUT2D eigenvalue weighted by molar-refractivity contribution is -0.0155. The van der Waals surface area contributed by atoms with Crippen molar-refractivity contribution < 1.29 is 9.53 Å². The molecule has 1 amide bonds. The monoisotopic (exact) mass is 228 g/mol. The molecule has 0 aromatic heterocycles. The SMILES string of the molecule is CCC1(N)CCCCN1C(=O)OC(C)(C)C. The van der Waals surface area contributed by atoms with Crippen molar-refractivity contribution in [1.82, 2.24) is 4.90 Å². The van der Waals surface area contributed by atoms with E-state index >= 15 is 0 Å². The molecule has 1 atom stereocenters. The molecule has 4 nitrogen and oxygen atoms in total. The van der Waals surface area contributed by atoms with E-state index in [2.05, 4.69) is 0 Å². The quantitative estimate of drug-likeness (QED) is 0.750. The van der Waals surface area contributed by atoms with Crippen LogP contribution in [0.1, 0.15) is 53.4 Å². The van der Waals surface area contributed by atoms with E-state index in [-0.39, 0.29) is 6.09 Å². The number of rotatable bonds is 1. The number of carbonyl (C=O) groups is 1. The fourth-order valence-electron chi connectivity index (χ4n) is 2.02. The Morgan fingerprint density at radius 3 is 2.56 bits per heavy atom. The zero-order valence-corrected chi connectivity index (χ0v) is 10.9. The first-order chi connectivity index (χ1) is 7.28. The van der Waals surface area contributed by atoms with Gasteiger partial charge in [-0.25, -0.2) is 4.79 Å². The first-order valence-corrected chi connectivity index (χ1v) is 6.08. The summed E-state index contributed by atoms with van der Waals surface area (Å²) in [4.78, 5) is 13.7. The van der Waals surface area contributed by atoms with E-state index in [1.54, 1.807) is 4.90 Å². The second-order valence-electron chi connectivity index (χ2n) is 5.55. The maximum absolute atomic E-state index is 12.0. The number of likely N-dealkylation sites (tertiary alicyclic amines) is 1. The highest BCUT2D eigenvalue weighted by molar-refractivity contribution is 5.69. The average Bonchev–Trinajstić information content (AvgIpc) is 2.15. The number of ether oxygens (including phenoxy) is 1. The summed E-state index contributed by atoms with van der Waals surface area (Å²) in [6.45, 7) is 8.35. The summed E-state index contributed by atoms with van der Waals surface area (Å²) in [6.07, 6.45) is 3.45. The molecule has 0 aliphatic carbocycles. The normalized spacial score (nSPS) is 26.7. The molecule has 0 bridgehead atoms. The van der Waals surface area contributed by atoms with Crippen LogP contribution in [-0.2, 0) is 4.74 Å². The Kier molecular flexibility index (Phi) is 3.84. The van der Waals surface area contributed by atoms with Crippen LogP contribution in [0.15, 0.2) is 0 Å². The lowest BCUT2D eigenvalue weighted by Crippen LogP contribution is -2.61. The molecule has 1 heterocycles. The Morgan fingerprint density at radius 2 is 2.06 bits per heavy atom. The Bertz CT molecular complexity index is 260. The summed E-state index contributed by atoms with van der Waals surface area (Å²) in [5.74, 6) is 0. The van der Waals surface area contributed by atoms with Crippen molar-refractivity contribution in [3.63, 3.8) is 0 Å². The first kappa shape index (κ1) is 13.3. The number of carbonyl (C=O) groups excluding carboxylic acids is 1. The van der Waals surface area contributed by atoms with Crippen molar-refractivity contribution >= 4 is 6.09 Å². The van der Waals surface area contributed by atoms with Crippen molar-refractivity contribution in [2.75, 3.05) is 6.54 Å². The molecule has 0 spiro atoms. The maximum Gasteiger partial charge on any atom is 0.411 e. The summed E-state index contributed by atoms with van der Waals surface area (Å²) in [5.41, 5.74) is 5.28. The number of hydrogen-bond acceptors (Lipinski definition) is 3. The third kappa shape index (κ3) is 3.11. The van der Waals surface area contributed by atoms with Gasteiger partial charge in [0, 0.05) is 6.54 Å². The third-order valence-electron chi connectivity index (χ3n) is 3.01. The molecular weight excluding hydrogens is 204 g/mol. The molecule has 1 saturated heterocycles. The summed E-state index contributed by atoms with van der Waals surface area (Å²) in [7, 11) is 0. The van der Waals surface area contributed by atoms with Crippen LogP contribution in [0.5, 0.6) is 0 Å². The minimum atomic E-state index is -0.513. The van der Waals surface area contributed by atoms with Crippen molar-refractivity contribution in [2.24, 2.45) is 5.73 Å². The van der Waals surface area contributed by atoms with E-state index in [1.807, 2.05) is 27.7 Å². The Hall–Kier alpha value is -0.770. The van der Waals surface area contributed by atoms with Crippen LogP contribution < -0.4 is 5.73 Å². The van der Waals surface area contributed by atoms with Gasteiger partial charge < -0.3 is 10.5 Å². The summed E-state index contributed by atoms with van der Waals surface area (Å²) < 4.78 is 5.38. The zero-order chi connectivity index (χ0) is 12.4. The molecule has 0 aromatic carbocycles. The molecular formula is C12H24N2O2. The van der Waals surface area contributed by atoms with Crippen LogP contribution in [-0.4, -0.2) is 28.8 Å². The zero-order valence-electron chi connectivity index (χ0n) is 10.9. The predicted octanol–water partition coefficient (Wildman–Crippen LogP) is 2.47. The molecule has 0 aromatic rings. The van der Waals surface area contributed by atoms with Crippen LogP contribution >= 0.6 is 0 Å². The van der Waals surface area contributed by atoms with E-state index in [4.69, 9.17) is 10.5 Å². The Morgan fingerprint density at radius 1 is 1.44 bits per heavy atom. The molecule has 4 heteroatoms. The highest BCUT2D eigenvalue weighted by atomic mass is 16.6. The highest BCUT2D eigenvalue weighted by Crippen LogP contribution is 2.27. The fourth-order valence-corrected chi connectivity index (χ4v) is 2.02. The molecule has 1 rings (SSSR count). The molecule has 16 heavy (non-hydrogen) atoms. The minimum Gasteiger partial charge on any atom is -0.444 e. The van der Waals surface area contributed by atoms with Crippen molar-refractivity contribution in [2.45, 2.75) is 64.6 Å². The lowest BCUT2D eigenvalue weighted by Gasteiger charge is -2.44. The van der Waals surface area contributed by atoms with Crippen molar-refractivity contribution in [3.05, 3.63) is 0 Å². The molecule has 2 N–H and O–H groups in total. The van der Waals surface area contributed by atoms with Gasteiger partial charge in [-0.1, -0.05) is 6.92 Å². The van der Waals surface area contributed by atoms with E-state index in [0.717, 1.165) is 25.7 Å². The van der Waals surface area contributed by atoms with E-state index in [0.29, 0.717) is 6.54 Å². The first-order valence-electron chi connectivity index (χ1n) is 6.08. The van der Waals surface area contributed by atoms with Gasteiger partial charge in [0.05, 0.1) is 5.66 Å². The summed E-state index contributed by atoms with van der Waals surface area (Å²) >= 11 is 0. The van der Waals surface area contributed by atoms with Crippen molar-refractivity contribution in [3.8, 4) is 0 Å². The number of piperidine rings is 1. The van der Waals surface area contributed by atoms with Crippen molar-refractivity contribution in [1.29, 1.82) is 0 Å². The van der Waals surface area contributed by atoms with Gasteiger partial charge in [0.25, 0.3) is 0 Å². The lowest BCUT2D eigenvalue weighted by atomic mass is 9.94. The molecule has 0 saturated carbocycles. The highest BCUT2D eigenvalue weighted by Gasteiger charge is 2.38. The van der Waals surface area contributed by atoms with Gasteiger partial charge in [0.2, 0.25) is 0 Å². The predicted molar refractivity (Wildman–Crippen MR) is 64.0 cm³/mol. The molecule has 1 aliphatic heterocycles. The minimum absolute atomic E-state index is 0.281. The number of nitrogens with zero attached hydrogens (tertiary/aromatic N) is 1. The molecule has 1 unspecified atom stereocenters. The van der Waals surface area contributed by atoms with Gasteiger partial charge in [0.15, 0.2) is 0 Å². The third-order valence-corrected chi connectivity index (χ3v) is 3.01.